The van der Waals surface area contributed by atoms with Crippen molar-refractivity contribution in [2.45, 2.75) is 88.7 Å². The largest absolute Gasteiger partial charge is 0.397 e. The van der Waals surface area contributed by atoms with E-state index in [4.69, 9.17) is 24.7 Å². The van der Waals surface area contributed by atoms with E-state index in [1.54, 1.807) is 12.1 Å². The number of nitrogen functional groups attached to an aromatic ring is 1. The number of nitrogens with one attached hydrogen (secondary N) is 2. The number of hydrogen-bond donors (Lipinski definition) is 4. The van der Waals surface area contributed by atoms with E-state index in [0.717, 1.165) is 74.8 Å². The zero-order valence-corrected chi connectivity index (χ0v) is 28.7. The van der Waals surface area contributed by atoms with Crippen LogP contribution in [-0.4, -0.2) is 66.6 Å². The normalized spacial score (nSPS) is 22.0. The predicted molar refractivity (Wildman–Crippen MR) is 191 cm³/mol. The predicted octanol–water partition coefficient (Wildman–Crippen LogP) is 6.06. The third-order valence-electron chi connectivity index (χ3n) is 9.74. The lowest BCUT2D eigenvalue weighted by Crippen LogP contribution is -2.48. The summed E-state index contributed by atoms with van der Waals surface area (Å²) < 4.78 is 25.0. The van der Waals surface area contributed by atoms with Crippen LogP contribution >= 0.6 is 0 Å². The van der Waals surface area contributed by atoms with E-state index in [2.05, 4.69) is 15.5 Å². The molecule has 0 bridgehead atoms. The van der Waals surface area contributed by atoms with Crippen LogP contribution in [0.3, 0.4) is 0 Å². The van der Waals surface area contributed by atoms with Gasteiger partial charge >= 0.3 is 0 Å². The molecule has 11 heteroatoms. The summed E-state index contributed by atoms with van der Waals surface area (Å²) in [5.74, 6) is -0.533. The van der Waals surface area contributed by atoms with Crippen molar-refractivity contribution in [2.75, 3.05) is 49.2 Å². The smallest absolute Gasteiger partial charge is 0.224 e. The lowest BCUT2D eigenvalue weighted by atomic mass is 9.98. The van der Waals surface area contributed by atoms with E-state index in [1.165, 1.54) is 0 Å². The molecule has 3 aromatic carbocycles. The molecule has 0 saturated carbocycles. The Balaban J connectivity index is 0.993. The average molecular weight is 687 g/mol. The van der Waals surface area contributed by atoms with Crippen LogP contribution in [0.25, 0.3) is 0 Å². The maximum Gasteiger partial charge on any atom is 0.224 e. The molecule has 3 aliphatic rings. The number of rotatable bonds is 14. The number of para-hydroxylation sites is 2. The first-order valence-corrected chi connectivity index (χ1v) is 17.9. The van der Waals surface area contributed by atoms with Crippen molar-refractivity contribution in [1.82, 2.24) is 4.90 Å². The maximum atomic E-state index is 12.8. The molecule has 11 nitrogen and oxygen atoms in total. The van der Waals surface area contributed by atoms with E-state index in [1.807, 2.05) is 60.7 Å². The first kappa shape index (κ1) is 36.0. The van der Waals surface area contributed by atoms with E-state index in [9.17, 15) is 14.7 Å². The van der Waals surface area contributed by atoms with Gasteiger partial charge < -0.3 is 45.3 Å². The number of ether oxygens (including phenoxy) is 4. The van der Waals surface area contributed by atoms with Gasteiger partial charge in [-0.3, -0.25) is 9.59 Å². The molecule has 268 valence electrons. The number of likely N-dealkylation sites (tertiary alicyclic amines) is 1. The van der Waals surface area contributed by atoms with Crippen LogP contribution in [-0.2, 0) is 35.1 Å². The first-order valence-electron chi connectivity index (χ1n) is 17.9. The van der Waals surface area contributed by atoms with E-state index in [-0.39, 0.29) is 30.6 Å². The number of aliphatic hydroxyl groups excluding tert-OH is 1. The standard InChI is InChI=1S/C39H50N4O7/c40-33-10-5-6-11-34(33)42-37(46)13-4-2-1-3-12-36(45)41-31-9-7-8-30(24-31)38-49-32(25-35(50-38)29-16-14-28(27-44)15-17-29)26-43-20-18-39(19-21-43)47-22-23-48-39/h5-11,14-17,24,32,35,38,44H,1-4,12-13,18-23,25-27,40H2,(H,41,45)(H,42,46)/t32-,35+,38+/m0/s1. The van der Waals surface area contributed by atoms with Gasteiger partial charge in [0.15, 0.2) is 12.1 Å². The van der Waals surface area contributed by atoms with Crippen molar-refractivity contribution in [1.29, 1.82) is 0 Å². The number of carbonyl (C=O) groups excluding carboxylic acids is 2. The number of unbranched alkanes of at least 4 members (excludes halogenated alkanes) is 3. The molecule has 5 N–H and O–H groups in total. The molecule has 50 heavy (non-hydrogen) atoms. The Hall–Kier alpha value is -3.84. The van der Waals surface area contributed by atoms with Crippen LogP contribution in [0.15, 0.2) is 72.8 Å². The Labute approximate surface area is 294 Å². The fourth-order valence-corrected chi connectivity index (χ4v) is 6.92. The molecule has 0 aliphatic carbocycles. The monoisotopic (exact) mass is 686 g/mol. The van der Waals surface area contributed by atoms with Gasteiger partial charge in [-0.05, 0) is 48.2 Å². The molecule has 3 aromatic rings. The summed E-state index contributed by atoms with van der Waals surface area (Å²) in [6, 6.07) is 22.8. The number of aliphatic hydroxyl groups is 1. The number of benzene rings is 3. The topological polar surface area (TPSA) is 145 Å². The Morgan fingerprint density at radius 3 is 2.22 bits per heavy atom. The molecular formula is C39H50N4O7. The summed E-state index contributed by atoms with van der Waals surface area (Å²) in [5.41, 5.74) is 10.5. The SMILES string of the molecule is Nc1ccccc1NC(=O)CCCCCCC(=O)Nc1cccc([C@@H]2O[C@H](CN3CCC4(CC3)OCCO4)C[C@H](c3ccc(CO)cc3)O2)c1. The Kier molecular flexibility index (Phi) is 12.5. The number of piperidine rings is 1. The third-order valence-corrected chi connectivity index (χ3v) is 9.74. The molecule has 3 aliphatic heterocycles. The minimum Gasteiger partial charge on any atom is -0.397 e. The van der Waals surface area contributed by atoms with Crippen molar-refractivity contribution < 1.29 is 33.6 Å². The highest BCUT2D eigenvalue weighted by atomic mass is 16.7. The highest BCUT2D eigenvalue weighted by Crippen LogP contribution is 2.39. The second kappa shape index (κ2) is 17.4. The number of anilines is 3. The second-order valence-corrected chi connectivity index (χ2v) is 13.5. The highest BCUT2D eigenvalue weighted by Gasteiger charge is 2.41. The van der Waals surface area contributed by atoms with Gasteiger partial charge in [0.25, 0.3) is 0 Å². The van der Waals surface area contributed by atoms with Crippen molar-refractivity contribution in [2.24, 2.45) is 0 Å². The second-order valence-electron chi connectivity index (χ2n) is 13.5. The van der Waals surface area contributed by atoms with E-state index >= 15 is 0 Å². The molecule has 0 radical (unpaired) electrons. The van der Waals surface area contributed by atoms with Gasteiger partial charge in [-0.15, -0.1) is 0 Å². The van der Waals surface area contributed by atoms with Gasteiger partial charge in [0.1, 0.15) is 0 Å². The first-order chi connectivity index (χ1) is 24.4. The minimum absolute atomic E-state index is 0.00721. The highest BCUT2D eigenvalue weighted by molar-refractivity contribution is 5.93. The summed E-state index contributed by atoms with van der Waals surface area (Å²) in [6.45, 7) is 3.84. The van der Waals surface area contributed by atoms with Crippen LogP contribution in [0, 0.1) is 0 Å². The number of hydrogen-bond acceptors (Lipinski definition) is 9. The number of nitrogens with zero attached hydrogens (tertiary/aromatic N) is 1. The van der Waals surface area contributed by atoms with Gasteiger partial charge in [0.2, 0.25) is 11.8 Å². The molecule has 3 heterocycles. The van der Waals surface area contributed by atoms with Crippen LogP contribution in [0.2, 0.25) is 0 Å². The molecule has 0 unspecified atom stereocenters. The third kappa shape index (κ3) is 9.90. The van der Waals surface area contributed by atoms with Crippen molar-refractivity contribution in [3.8, 4) is 0 Å². The zero-order valence-electron chi connectivity index (χ0n) is 28.7. The van der Waals surface area contributed by atoms with Gasteiger partial charge in [0, 0.05) is 63.0 Å². The quantitative estimate of drug-likeness (QED) is 0.117. The van der Waals surface area contributed by atoms with Crippen LogP contribution < -0.4 is 16.4 Å². The molecule has 3 atom stereocenters. The van der Waals surface area contributed by atoms with Crippen molar-refractivity contribution >= 4 is 28.9 Å². The van der Waals surface area contributed by atoms with Crippen LogP contribution in [0.5, 0.6) is 0 Å². The molecule has 0 aromatic heterocycles. The van der Waals surface area contributed by atoms with Crippen LogP contribution in [0.4, 0.5) is 17.1 Å². The molecule has 3 saturated heterocycles. The molecular weight excluding hydrogens is 636 g/mol. The van der Waals surface area contributed by atoms with Gasteiger partial charge in [0.05, 0.1) is 43.4 Å². The van der Waals surface area contributed by atoms with Crippen molar-refractivity contribution in [3.63, 3.8) is 0 Å². The number of amides is 2. The summed E-state index contributed by atoms with van der Waals surface area (Å²) in [4.78, 5) is 27.5. The maximum absolute atomic E-state index is 12.8. The molecule has 6 rings (SSSR count). The van der Waals surface area contributed by atoms with E-state index in [0.29, 0.717) is 49.5 Å². The molecule has 2 amide bonds. The van der Waals surface area contributed by atoms with Gasteiger partial charge in [-0.2, -0.15) is 0 Å². The summed E-state index contributed by atoms with van der Waals surface area (Å²) in [6.07, 6.45) is 5.53. The summed E-state index contributed by atoms with van der Waals surface area (Å²) in [7, 11) is 0. The average Bonchev–Trinajstić information content (AvgIpc) is 3.59. The van der Waals surface area contributed by atoms with E-state index < -0.39 is 12.1 Å². The Morgan fingerprint density at radius 2 is 1.52 bits per heavy atom. The zero-order chi connectivity index (χ0) is 34.8. The minimum atomic E-state index is -0.610. The number of carbonyl (C=O) groups is 2. The molecule has 3 fully saturated rings. The fourth-order valence-electron chi connectivity index (χ4n) is 6.92. The Morgan fingerprint density at radius 1 is 0.820 bits per heavy atom. The summed E-state index contributed by atoms with van der Waals surface area (Å²) in [5, 5.41) is 15.4. The molecule has 1 spiro atoms. The summed E-state index contributed by atoms with van der Waals surface area (Å²) >= 11 is 0. The Bertz CT molecular complexity index is 1550. The number of nitrogens with two attached hydrogens (primary N) is 1. The fraction of sp³-hybridized carbons (Fsp3) is 0.487. The lowest BCUT2D eigenvalue weighted by molar-refractivity contribution is -0.255. The van der Waals surface area contributed by atoms with Crippen molar-refractivity contribution in [3.05, 3.63) is 89.5 Å². The van der Waals surface area contributed by atoms with Crippen LogP contribution in [0.1, 0.15) is 86.9 Å². The van der Waals surface area contributed by atoms with Gasteiger partial charge in [-0.25, -0.2) is 0 Å². The van der Waals surface area contributed by atoms with Gasteiger partial charge in [-0.1, -0.05) is 61.4 Å². The lowest BCUT2D eigenvalue weighted by Gasteiger charge is -2.41.